The predicted octanol–water partition coefficient (Wildman–Crippen LogP) is 2.17. The van der Waals surface area contributed by atoms with Gasteiger partial charge in [0.1, 0.15) is 30.0 Å². The van der Waals surface area contributed by atoms with Crippen LogP contribution in [0.25, 0.3) is 0 Å². The minimum atomic E-state index is -0.157. The molecule has 0 saturated heterocycles. The molecule has 3 heterocycles. The highest BCUT2D eigenvalue weighted by Crippen LogP contribution is 2.27. The van der Waals surface area contributed by atoms with Crippen molar-refractivity contribution >= 4 is 11.7 Å². The van der Waals surface area contributed by atoms with Crippen LogP contribution >= 0.6 is 0 Å². The Balaban J connectivity index is 1.75. The predicted molar refractivity (Wildman–Crippen MR) is 104 cm³/mol. The maximum atomic E-state index is 12.7. The molecular weight excluding hydrogens is 356 g/mol. The first-order valence-electron chi connectivity index (χ1n) is 9.17. The van der Waals surface area contributed by atoms with Crippen molar-refractivity contribution in [2.24, 2.45) is 0 Å². The summed E-state index contributed by atoms with van der Waals surface area (Å²) in [6.07, 6.45) is 1.61. The Hall–Kier alpha value is -3.24. The third kappa shape index (κ3) is 4.18. The van der Waals surface area contributed by atoms with Gasteiger partial charge in [-0.2, -0.15) is 5.26 Å². The molecule has 7 heteroatoms. The second kappa shape index (κ2) is 8.19. The molecule has 0 aliphatic carbocycles. The van der Waals surface area contributed by atoms with Gasteiger partial charge >= 0.3 is 0 Å². The molecule has 0 aliphatic rings. The number of furan rings is 2. The number of aryl methyl sites for hydroxylation is 1. The summed E-state index contributed by atoms with van der Waals surface area (Å²) in [4.78, 5) is 13.6. The van der Waals surface area contributed by atoms with Crippen molar-refractivity contribution in [2.75, 3.05) is 18.9 Å². The number of nitrogens with one attached hydrogen (secondary N) is 2. The van der Waals surface area contributed by atoms with Gasteiger partial charge < -0.3 is 23.6 Å². The number of quaternary nitrogens is 1. The Morgan fingerprint density at radius 2 is 2.04 bits per heavy atom. The van der Waals surface area contributed by atoms with Crippen molar-refractivity contribution in [1.82, 2.24) is 4.57 Å². The molecule has 7 nitrogen and oxygen atoms in total. The van der Waals surface area contributed by atoms with Gasteiger partial charge in [-0.3, -0.25) is 4.79 Å². The van der Waals surface area contributed by atoms with E-state index in [1.807, 2.05) is 56.7 Å². The van der Waals surface area contributed by atoms with E-state index in [2.05, 4.69) is 11.4 Å². The van der Waals surface area contributed by atoms with Crippen LogP contribution in [0.2, 0.25) is 0 Å². The Bertz CT molecular complexity index is 1010. The zero-order valence-electron chi connectivity index (χ0n) is 16.6. The highest BCUT2D eigenvalue weighted by molar-refractivity contribution is 5.92. The van der Waals surface area contributed by atoms with Crippen LogP contribution < -0.4 is 10.2 Å². The van der Waals surface area contributed by atoms with Gasteiger partial charge in [0, 0.05) is 5.69 Å². The number of hydrogen-bond acceptors (Lipinski definition) is 4. The largest absolute Gasteiger partial charge is 0.467 e. The smallest absolute Gasteiger partial charge is 0.280 e. The minimum Gasteiger partial charge on any atom is -0.467 e. The summed E-state index contributed by atoms with van der Waals surface area (Å²) in [5.74, 6) is 2.81. The van der Waals surface area contributed by atoms with Crippen LogP contribution in [0.5, 0.6) is 0 Å². The van der Waals surface area contributed by atoms with Crippen LogP contribution in [0, 0.1) is 32.1 Å². The van der Waals surface area contributed by atoms with E-state index in [-0.39, 0.29) is 12.5 Å². The van der Waals surface area contributed by atoms with E-state index in [1.165, 1.54) is 0 Å². The first-order valence-corrected chi connectivity index (χ1v) is 9.17. The van der Waals surface area contributed by atoms with Crippen LogP contribution in [0.4, 0.5) is 5.82 Å². The molecule has 3 aromatic heterocycles. The van der Waals surface area contributed by atoms with E-state index < -0.39 is 0 Å². The first-order chi connectivity index (χ1) is 13.4. The fraction of sp³-hybridized carbons (Fsp3) is 0.333. The summed E-state index contributed by atoms with van der Waals surface area (Å²) in [6, 6.07) is 9.74. The van der Waals surface area contributed by atoms with Gasteiger partial charge in [0.2, 0.25) is 0 Å². The molecule has 2 N–H and O–H groups in total. The van der Waals surface area contributed by atoms with Crippen LogP contribution in [-0.4, -0.2) is 24.1 Å². The second-order valence-electron chi connectivity index (χ2n) is 7.08. The van der Waals surface area contributed by atoms with Crippen LogP contribution in [0.1, 0.15) is 34.1 Å². The molecule has 3 rings (SSSR count). The van der Waals surface area contributed by atoms with Crippen molar-refractivity contribution in [2.45, 2.75) is 33.9 Å². The third-order valence-corrected chi connectivity index (χ3v) is 4.83. The molecule has 0 radical (unpaired) electrons. The summed E-state index contributed by atoms with van der Waals surface area (Å²) in [6.45, 7) is 7.04. The molecule has 0 saturated carbocycles. The van der Waals surface area contributed by atoms with E-state index >= 15 is 0 Å². The Labute approximate surface area is 164 Å². The first kappa shape index (κ1) is 19.5. The Morgan fingerprint density at radius 3 is 2.64 bits per heavy atom. The topological polar surface area (TPSA) is 88.5 Å². The van der Waals surface area contributed by atoms with Crippen molar-refractivity contribution in [3.8, 4) is 6.07 Å². The van der Waals surface area contributed by atoms with Crippen molar-refractivity contribution in [3.63, 3.8) is 0 Å². The van der Waals surface area contributed by atoms with Crippen LogP contribution in [0.3, 0.4) is 0 Å². The second-order valence-corrected chi connectivity index (χ2v) is 7.08. The number of nitriles is 1. The molecule has 28 heavy (non-hydrogen) atoms. The highest BCUT2D eigenvalue weighted by atomic mass is 16.3. The van der Waals surface area contributed by atoms with Crippen molar-refractivity contribution in [1.29, 1.82) is 5.26 Å². The summed E-state index contributed by atoms with van der Waals surface area (Å²) in [5.41, 5.74) is 2.27. The van der Waals surface area contributed by atoms with E-state index in [9.17, 15) is 10.1 Å². The number of likely N-dealkylation sites (N-methyl/N-ethyl adjacent to an activating group) is 1. The number of amides is 1. The van der Waals surface area contributed by atoms with Crippen LogP contribution in [-0.2, 0) is 17.9 Å². The molecule has 1 amide bonds. The molecule has 0 bridgehead atoms. The molecular formula is C21H25N4O3+. The molecule has 0 spiro atoms. The fourth-order valence-electron chi connectivity index (χ4n) is 3.28. The number of aromatic nitrogens is 1. The Kier molecular flexibility index (Phi) is 5.71. The van der Waals surface area contributed by atoms with E-state index in [0.717, 1.165) is 33.4 Å². The van der Waals surface area contributed by atoms with Crippen molar-refractivity contribution < 1.29 is 18.5 Å². The molecule has 1 atom stereocenters. The average molecular weight is 381 g/mol. The maximum absolute atomic E-state index is 12.7. The Morgan fingerprint density at radius 1 is 1.25 bits per heavy atom. The summed E-state index contributed by atoms with van der Waals surface area (Å²) in [7, 11) is 1.93. The van der Waals surface area contributed by atoms with Gasteiger partial charge in [-0.1, -0.05) is 0 Å². The zero-order valence-corrected chi connectivity index (χ0v) is 16.6. The fourth-order valence-corrected chi connectivity index (χ4v) is 3.28. The number of anilines is 1. The normalized spacial score (nSPS) is 12.0. The number of hydrogen-bond donors (Lipinski definition) is 2. The average Bonchev–Trinajstić information content (AvgIpc) is 3.34. The van der Waals surface area contributed by atoms with Gasteiger partial charge in [0.25, 0.3) is 5.91 Å². The van der Waals surface area contributed by atoms with Gasteiger partial charge in [-0.15, -0.1) is 0 Å². The lowest BCUT2D eigenvalue weighted by Gasteiger charge is -2.15. The number of nitrogens with zero attached hydrogens (tertiary/aromatic N) is 2. The van der Waals surface area contributed by atoms with E-state index in [1.54, 1.807) is 6.26 Å². The molecule has 0 aliphatic heterocycles. The molecule has 146 valence electrons. The lowest BCUT2D eigenvalue weighted by Crippen LogP contribution is -3.08. The van der Waals surface area contributed by atoms with E-state index in [0.29, 0.717) is 24.5 Å². The molecule has 0 fully saturated rings. The lowest BCUT2D eigenvalue weighted by atomic mass is 10.2. The summed E-state index contributed by atoms with van der Waals surface area (Å²) >= 11 is 0. The van der Waals surface area contributed by atoms with Gasteiger partial charge in [-0.05, 0) is 50.6 Å². The monoisotopic (exact) mass is 381 g/mol. The lowest BCUT2D eigenvalue weighted by molar-refractivity contribution is -0.886. The quantitative estimate of drug-likeness (QED) is 0.656. The summed E-state index contributed by atoms with van der Waals surface area (Å²) in [5, 5.41) is 12.5. The third-order valence-electron chi connectivity index (χ3n) is 4.83. The van der Waals surface area contributed by atoms with E-state index in [4.69, 9.17) is 8.83 Å². The standard InChI is InChI=1S/C21H24N4O3/c1-14-7-8-18(28-14)11-24(4)13-20(26)23-21-19(10-22)15(2)16(3)25(21)12-17-6-5-9-27-17/h5-9H,11-13H2,1-4H3,(H,23,26)/p+1. The molecule has 0 aromatic carbocycles. The van der Waals surface area contributed by atoms with Gasteiger partial charge in [0.05, 0.1) is 25.4 Å². The number of rotatable bonds is 7. The number of carbonyl (C=O) groups is 1. The molecule has 3 aromatic rings. The zero-order chi connectivity index (χ0) is 20.3. The maximum Gasteiger partial charge on any atom is 0.280 e. The number of carbonyl (C=O) groups excluding carboxylic acids is 1. The minimum absolute atomic E-state index is 0.157. The van der Waals surface area contributed by atoms with Crippen molar-refractivity contribution in [3.05, 3.63) is 64.6 Å². The van der Waals surface area contributed by atoms with Gasteiger partial charge in [-0.25, -0.2) is 0 Å². The molecule has 1 unspecified atom stereocenters. The van der Waals surface area contributed by atoms with Crippen LogP contribution in [0.15, 0.2) is 39.4 Å². The highest BCUT2D eigenvalue weighted by Gasteiger charge is 2.22. The SMILES string of the molecule is Cc1ccc(C[NH+](C)CC(=O)Nc2c(C#N)c(C)c(C)n2Cc2ccco2)o1. The summed E-state index contributed by atoms with van der Waals surface area (Å²) < 4.78 is 12.9. The van der Waals surface area contributed by atoms with Gasteiger partial charge in [0.15, 0.2) is 12.3 Å².